The Labute approximate surface area is 133 Å². The second-order valence-corrected chi connectivity index (χ2v) is 5.19. The topological polar surface area (TPSA) is 38.3 Å². The van der Waals surface area contributed by atoms with E-state index in [1.54, 1.807) is 18.2 Å². The molecule has 1 amide bonds. The first-order chi connectivity index (χ1) is 10.1. The fourth-order valence-corrected chi connectivity index (χ4v) is 2.11. The number of hydrogen-bond donors (Lipinski definition) is 1. The maximum Gasteiger partial charge on any atom is 0.255 e. The third kappa shape index (κ3) is 4.21. The maximum atomic E-state index is 12.2. The van der Waals surface area contributed by atoms with Crippen LogP contribution in [0.2, 0.25) is 10.0 Å². The molecule has 0 aliphatic heterocycles. The molecule has 2 rings (SSSR count). The Hall–Kier alpha value is -1.55. The Morgan fingerprint density at radius 2 is 1.90 bits per heavy atom. The van der Waals surface area contributed by atoms with Crippen molar-refractivity contribution in [3.63, 3.8) is 0 Å². The molecule has 110 valence electrons. The first-order valence-corrected chi connectivity index (χ1v) is 7.29. The SMILES string of the molecule is CCOCc1ccccc1NC(=O)c1ccc(Cl)c(Cl)c1. The number of benzene rings is 2. The van der Waals surface area contributed by atoms with Crippen molar-refractivity contribution < 1.29 is 9.53 Å². The molecular formula is C16H15Cl2NO2. The van der Waals surface area contributed by atoms with E-state index in [2.05, 4.69) is 5.32 Å². The van der Waals surface area contributed by atoms with E-state index < -0.39 is 0 Å². The number of rotatable bonds is 5. The number of amides is 1. The minimum atomic E-state index is -0.238. The highest BCUT2D eigenvalue weighted by molar-refractivity contribution is 6.42. The third-order valence-corrected chi connectivity index (χ3v) is 3.65. The van der Waals surface area contributed by atoms with Gasteiger partial charge in [-0.05, 0) is 31.2 Å². The molecule has 3 nitrogen and oxygen atoms in total. The fraction of sp³-hybridized carbons (Fsp3) is 0.188. The summed E-state index contributed by atoms with van der Waals surface area (Å²) in [6.07, 6.45) is 0. The molecule has 0 heterocycles. The summed E-state index contributed by atoms with van der Waals surface area (Å²) >= 11 is 11.8. The first-order valence-electron chi connectivity index (χ1n) is 6.54. The van der Waals surface area contributed by atoms with Crippen LogP contribution in [0.5, 0.6) is 0 Å². The molecule has 0 bridgehead atoms. The Morgan fingerprint density at radius 1 is 1.14 bits per heavy atom. The van der Waals surface area contributed by atoms with Crippen LogP contribution in [-0.2, 0) is 11.3 Å². The van der Waals surface area contributed by atoms with Crippen molar-refractivity contribution in [1.82, 2.24) is 0 Å². The molecule has 0 saturated heterocycles. The molecule has 0 radical (unpaired) electrons. The second-order valence-electron chi connectivity index (χ2n) is 4.38. The summed E-state index contributed by atoms with van der Waals surface area (Å²) in [5.74, 6) is -0.238. The number of hydrogen-bond acceptors (Lipinski definition) is 2. The lowest BCUT2D eigenvalue weighted by molar-refractivity contribution is 0.102. The van der Waals surface area contributed by atoms with Crippen LogP contribution in [0.25, 0.3) is 0 Å². The van der Waals surface area contributed by atoms with Gasteiger partial charge in [0, 0.05) is 23.4 Å². The predicted molar refractivity (Wildman–Crippen MR) is 86.2 cm³/mol. The zero-order valence-electron chi connectivity index (χ0n) is 11.5. The van der Waals surface area contributed by atoms with Crippen molar-refractivity contribution in [3.8, 4) is 0 Å². The van der Waals surface area contributed by atoms with Gasteiger partial charge in [-0.15, -0.1) is 0 Å². The molecule has 0 aliphatic carbocycles. The number of anilines is 1. The molecule has 1 N–H and O–H groups in total. The quantitative estimate of drug-likeness (QED) is 0.859. The Morgan fingerprint density at radius 3 is 2.62 bits per heavy atom. The smallest absolute Gasteiger partial charge is 0.255 e. The molecule has 0 fully saturated rings. The van der Waals surface area contributed by atoms with Crippen LogP contribution >= 0.6 is 23.2 Å². The molecule has 0 aromatic heterocycles. The van der Waals surface area contributed by atoms with Crippen molar-refractivity contribution in [2.45, 2.75) is 13.5 Å². The lowest BCUT2D eigenvalue weighted by Crippen LogP contribution is -2.13. The van der Waals surface area contributed by atoms with E-state index in [1.807, 2.05) is 31.2 Å². The number of para-hydroxylation sites is 1. The average molecular weight is 324 g/mol. The molecule has 0 spiro atoms. The first kappa shape index (κ1) is 15.8. The monoisotopic (exact) mass is 323 g/mol. The summed E-state index contributed by atoms with van der Waals surface area (Å²) in [4.78, 5) is 12.2. The zero-order chi connectivity index (χ0) is 15.2. The van der Waals surface area contributed by atoms with Gasteiger partial charge in [-0.2, -0.15) is 0 Å². The standard InChI is InChI=1S/C16H15Cl2NO2/c1-2-21-10-12-5-3-4-6-15(12)19-16(20)11-7-8-13(17)14(18)9-11/h3-9H,2,10H2,1H3,(H,19,20). The highest BCUT2D eigenvalue weighted by Gasteiger charge is 2.10. The van der Waals surface area contributed by atoms with Crippen LogP contribution in [0.1, 0.15) is 22.8 Å². The van der Waals surface area contributed by atoms with Gasteiger partial charge in [-0.1, -0.05) is 41.4 Å². The third-order valence-electron chi connectivity index (χ3n) is 2.91. The van der Waals surface area contributed by atoms with Gasteiger partial charge in [0.25, 0.3) is 5.91 Å². The summed E-state index contributed by atoms with van der Waals surface area (Å²) in [6.45, 7) is 3.00. The minimum absolute atomic E-state index is 0.238. The number of carbonyl (C=O) groups excluding carboxylic acids is 1. The average Bonchev–Trinajstić information content (AvgIpc) is 2.49. The second kappa shape index (κ2) is 7.46. The van der Waals surface area contributed by atoms with E-state index in [0.717, 1.165) is 11.3 Å². The van der Waals surface area contributed by atoms with Crippen molar-refractivity contribution in [1.29, 1.82) is 0 Å². The summed E-state index contributed by atoms with van der Waals surface area (Å²) in [6, 6.07) is 12.3. The molecule has 5 heteroatoms. The lowest BCUT2D eigenvalue weighted by atomic mass is 10.1. The molecule has 2 aromatic rings. The van der Waals surface area contributed by atoms with Gasteiger partial charge < -0.3 is 10.1 Å². The van der Waals surface area contributed by atoms with Crippen molar-refractivity contribution in [2.75, 3.05) is 11.9 Å². The van der Waals surface area contributed by atoms with Gasteiger partial charge >= 0.3 is 0 Å². The zero-order valence-corrected chi connectivity index (χ0v) is 13.0. The number of ether oxygens (including phenoxy) is 1. The highest BCUT2D eigenvalue weighted by atomic mass is 35.5. The fourth-order valence-electron chi connectivity index (χ4n) is 1.81. The van der Waals surface area contributed by atoms with Crippen molar-refractivity contribution in [3.05, 3.63) is 63.6 Å². The van der Waals surface area contributed by atoms with Crippen LogP contribution < -0.4 is 5.32 Å². The molecule has 0 aliphatic rings. The number of halogens is 2. The number of carbonyl (C=O) groups is 1. The maximum absolute atomic E-state index is 12.2. The molecule has 2 aromatic carbocycles. The molecular weight excluding hydrogens is 309 g/mol. The Bertz CT molecular complexity index is 644. The molecule has 0 unspecified atom stereocenters. The Balaban J connectivity index is 2.17. The summed E-state index contributed by atoms with van der Waals surface area (Å²) in [5, 5.41) is 3.64. The normalized spacial score (nSPS) is 10.4. The van der Waals surface area contributed by atoms with Crippen LogP contribution in [0.4, 0.5) is 5.69 Å². The van der Waals surface area contributed by atoms with Gasteiger partial charge in [0.15, 0.2) is 0 Å². The summed E-state index contributed by atoms with van der Waals surface area (Å²) in [5.41, 5.74) is 2.10. The van der Waals surface area contributed by atoms with Gasteiger partial charge in [0.2, 0.25) is 0 Å². The van der Waals surface area contributed by atoms with E-state index >= 15 is 0 Å². The lowest BCUT2D eigenvalue weighted by Gasteiger charge is -2.11. The van der Waals surface area contributed by atoms with Crippen molar-refractivity contribution in [2.24, 2.45) is 0 Å². The van der Waals surface area contributed by atoms with Gasteiger partial charge in [-0.3, -0.25) is 4.79 Å². The van der Waals surface area contributed by atoms with Gasteiger partial charge in [-0.25, -0.2) is 0 Å². The van der Waals surface area contributed by atoms with Gasteiger partial charge in [0.05, 0.1) is 16.7 Å². The summed E-state index contributed by atoms with van der Waals surface area (Å²) < 4.78 is 5.39. The van der Waals surface area contributed by atoms with Crippen LogP contribution in [-0.4, -0.2) is 12.5 Å². The van der Waals surface area contributed by atoms with E-state index in [0.29, 0.717) is 28.8 Å². The predicted octanol–water partition coefficient (Wildman–Crippen LogP) is 4.78. The Kier molecular flexibility index (Phi) is 5.62. The molecule has 0 atom stereocenters. The van der Waals surface area contributed by atoms with E-state index in [-0.39, 0.29) is 5.91 Å². The van der Waals surface area contributed by atoms with Crippen molar-refractivity contribution >= 4 is 34.8 Å². The van der Waals surface area contributed by atoms with Crippen LogP contribution in [0.15, 0.2) is 42.5 Å². The molecule has 0 saturated carbocycles. The van der Waals surface area contributed by atoms with E-state index in [4.69, 9.17) is 27.9 Å². The highest BCUT2D eigenvalue weighted by Crippen LogP contribution is 2.23. The van der Waals surface area contributed by atoms with E-state index in [9.17, 15) is 4.79 Å². The van der Waals surface area contributed by atoms with Gasteiger partial charge in [0.1, 0.15) is 0 Å². The van der Waals surface area contributed by atoms with Crippen LogP contribution in [0, 0.1) is 0 Å². The van der Waals surface area contributed by atoms with Crippen LogP contribution in [0.3, 0.4) is 0 Å². The number of nitrogens with one attached hydrogen (secondary N) is 1. The minimum Gasteiger partial charge on any atom is -0.377 e. The molecule has 21 heavy (non-hydrogen) atoms. The van der Waals surface area contributed by atoms with E-state index in [1.165, 1.54) is 0 Å². The largest absolute Gasteiger partial charge is 0.377 e. The summed E-state index contributed by atoms with van der Waals surface area (Å²) in [7, 11) is 0.